The second-order valence-corrected chi connectivity index (χ2v) is 4.96. The number of nitrogens with one attached hydrogen (secondary N) is 1. The molecule has 5 nitrogen and oxygen atoms in total. The fraction of sp³-hybridized carbons (Fsp3) is 0.222. The number of likely N-dealkylation sites (N-methyl/N-ethyl adjacent to an activating group) is 1. The predicted octanol–water partition coefficient (Wildman–Crippen LogP) is 2.67. The molecule has 2 rings (SSSR count). The number of ether oxygens (including phenoxy) is 1. The summed E-state index contributed by atoms with van der Waals surface area (Å²) in [6.45, 7) is 2.41. The number of carbonyl (C=O) groups is 1. The van der Waals surface area contributed by atoms with Crippen LogP contribution in [0.5, 0.6) is 5.75 Å². The highest BCUT2D eigenvalue weighted by Crippen LogP contribution is 2.18. The first-order chi connectivity index (χ1) is 11.2. The lowest BCUT2D eigenvalue weighted by Crippen LogP contribution is -2.28. The van der Waals surface area contributed by atoms with Gasteiger partial charge in [0.2, 0.25) is 0 Å². The molecule has 0 atom stereocenters. The van der Waals surface area contributed by atoms with Crippen LogP contribution >= 0.6 is 0 Å². The van der Waals surface area contributed by atoms with E-state index in [1.165, 1.54) is 7.11 Å². The van der Waals surface area contributed by atoms with Gasteiger partial charge in [-0.15, -0.1) is 0 Å². The van der Waals surface area contributed by atoms with Crippen LogP contribution in [-0.4, -0.2) is 25.8 Å². The van der Waals surface area contributed by atoms with E-state index in [2.05, 4.69) is 10.5 Å². The highest BCUT2D eigenvalue weighted by Gasteiger charge is 2.14. The lowest BCUT2D eigenvalue weighted by Gasteiger charge is -2.10. The summed E-state index contributed by atoms with van der Waals surface area (Å²) in [4.78, 5) is 16.6. The first-order valence-corrected chi connectivity index (χ1v) is 7.26. The summed E-state index contributed by atoms with van der Waals surface area (Å²) >= 11 is 0. The molecule has 0 aliphatic heterocycles. The SMILES string of the molecule is CNC(=O)/C(=N/OC)c1cccc(COc2ccccc2C)c1. The van der Waals surface area contributed by atoms with Crippen molar-refractivity contribution in [3.63, 3.8) is 0 Å². The Hall–Kier alpha value is -2.82. The maximum absolute atomic E-state index is 11.9. The van der Waals surface area contributed by atoms with E-state index in [1.54, 1.807) is 7.05 Å². The number of rotatable bonds is 6. The molecule has 0 saturated carbocycles. The second kappa shape index (κ2) is 7.98. The van der Waals surface area contributed by atoms with E-state index in [9.17, 15) is 4.79 Å². The molecule has 0 radical (unpaired) electrons. The Kier molecular flexibility index (Phi) is 5.74. The Balaban J connectivity index is 2.18. The van der Waals surface area contributed by atoms with Gasteiger partial charge >= 0.3 is 0 Å². The van der Waals surface area contributed by atoms with Crippen LogP contribution in [0.1, 0.15) is 16.7 Å². The number of hydrogen-bond donors (Lipinski definition) is 1. The molecule has 0 unspecified atom stereocenters. The third-order valence-electron chi connectivity index (χ3n) is 3.31. The van der Waals surface area contributed by atoms with Gasteiger partial charge in [0.15, 0.2) is 5.71 Å². The van der Waals surface area contributed by atoms with Crippen molar-refractivity contribution in [2.45, 2.75) is 13.5 Å². The van der Waals surface area contributed by atoms with Gasteiger partial charge in [-0.2, -0.15) is 0 Å². The molecule has 1 N–H and O–H groups in total. The normalized spacial score (nSPS) is 11.0. The molecule has 5 heteroatoms. The van der Waals surface area contributed by atoms with Crippen LogP contribution in [0.25, 0.3) is 0 Å². The first-order valence-electron chi connectivity index (χ1n) is 7.26. The second-order valence-electron chi connectivity index (χ2n) is 4.96. The van der Waals surface area contributed by atoms with Crippen molar-refractivity contribution in [1.82, 2.24) is 5.32 Å². The average molecular weight is 312 g/mol. The minimum atomic E-state index is -0.302. The number of nitrogens with zero attached hydrogens (tertiary/aromatic N) is 1. The summed E-state index contributed by atoms with van der Waals surface area (Å²) < 4.78 is 5.83. The number of oxime groups is 1. The minimum Gasteiger partial charge on any atom is -0.489 e. The number of hydrogen-bond acceptors (Lipinski definition) is 4. The van der Waals surface area contributed by atoms with Crippen molar-refractivity contribution in [1.29, 1.82) is 0 Å². The molecule has 0 bridgehead atoms. The summed E-state index contributed by atoms with van der Waals surface area (Å²) in [7, 11) is 2.97. The molecule has 0 aliphatic rings. The van der Waals surface area contributed by atoms with Crippen LogP contribution in [0.2, 0.25) is 0 Å². The topological polar surface area (TPSA) is 59.9 Å². The summed E-state index contributed by atoms with van der Waals surface area (Å²) in [5.74, 6) is 0.541. The van der Waals surface area contributed by atoms with E-state index in [4.69, 9.17) is 9.57 Å². The molecule has 23 heavy (non-hydrogen) atoms. The third-order valence-corrected chi connectivity index (χ3v) is 3.31. The summed E-state index contributed by atoms with van der Waals surface area (Å²) in [6.07, 6.45) is 0. The van der Waals surface area contributed by atoms with Crippen molar-refractivity contribution in [3.8, 4) is 5.75 Å². The molecule has 0 heterocycles. The Labute approximate surface area is 135 Å². The zero-order chi connectivity index (χ0) is 16.7. The van der Waals surface area contributed by atoms with E-state index in [0.717, 1.165) is 16.9 Å². The van der Waals surface area contributed by atoms with Gasteiger partial charge in [0.25, 0.3) is 5.91 Å². The highest BCUT2D eigenvalue weighted by molar-refractivity contribution is 6.45. The average Bonchev–Trinajstić information content (AvgIpc) is 2.58. The molecule has 1 amide bonds. The minimum absolute atomic E-state index is 0.229. The van der Waals surface area contributed by atoms with Gasteiger partial charge in [-0.1, -0.05) is 41.6 Å². The molecule has 120 valence electrons. The van der Waals surface area contributed by atoms with Crippen LogP contribution in [-0.2, 0) is 16.2 Å². The number of para-hydroxylation sites is 1. The van der Waals surface area contributed by atoms with Crippen molar-refractivity contribution in [2.75, 3.05) is 14.2 Å². The predicted molar refractivity (Wildman–Crippen MR) is 89.6 cm³/mol. The molecule has 2 aromatic carbocycles. The van der Waals surface area contributed by atoms with Crippen LogP contribution in [0.3, 0.4) is 0 Å². The van der Waals surface area contributed by atoms with Crippen molar-refractivity contribution in [2.24, 2.45) is 5.16 Å². The molecular formula is C18H20N2O3. The Morgan fingerprint density at radius 2 is 1.96 bits per heavy atom. The standard InChI is InChI=1S/C18H20N2O3/c1-13-7-4-5-10-16(13)23-12-14-8-6-9-15(11-14)17(20-22-3)18(21)19-2/h4-11H,12H2,1-3H3,(H,19,21)/b20-17+. The monoisotopic (exact) mass is 312 g/mol. The smallest absolute Gasteiger partial charge is 0.273 e. The molecule has 2 aromatic rings. The molecule has 0 spiro atoms. The zero-order valence-corrected chi connectivity index (χ0v) is 13.5. The summed E-state index contributed by atoms with van der Waals surface area (Å²) in [5.41, 5.74) is 2.93. The maximum Gasteiger partial charge on any atom is 0.273 e. The summed E-state index contributed by atoms with van der Waals surface area (Å²) in [6, 6.07) is 15.3. The molecule has 0 fully saturated rings. The van der Waals surface area contributed by atoms with E-state index < -0.39 is 0 Å². The number of aryl methyl sites for hydroxylation is 1. The fourth-order valence-electron chi connectivity index (χ4n) is 2.12. The quantitative estimate of drug-likeness (QED) is 0.659. The lowest BCUT2D eigenvalue weighted by atomic mass is 10.1. The number of amides is 1. The van der Waals surface area contributed by atoms with Crippen molar-refractivity contribution < 1.29 is 14.4 Å². The lowest BCUT2D eigenvalue weighted by molar-refractivity contribution is -0.114. The number of benzene rings is 2. The largest absolute Gasteiger partial charge is 0.489 e. The van der Waals surface area contributed by atoms with E-state index >= 15 is 0 Å². The van der Waals surface area contributed by atoms with Crippen LogP contribution < -0.4 is 10.1 Å². The van der Waals surface area contributed by atoms with Gasteiger partial charge in [0.1, 0.15) is 19.5 Å². The van der Waals surface area contributed by atoms with E-state index in [0.29, 0.717) is 12.2 Å². The van der Waals surface area contributed by atoms with Crippen molar-refractivity contribution in [3.05, 3.63) is 65.2 Å². The molecular weight excluding hydrogens is 292 g/mol. The highest BCUT2D eigenvalue weighted by atomic mass is 16.6. The van der Waals surface area contributed by atoms with Gasteiger partial charge < -0.3 is 14.9 Å². The van der Waals surface area contributed by atoms with Gasteiger partial charge in [-0.3, -0.25) is 4.79 Å². The molecule has 0 aliphatic carbocycles. The van der Waals surface area contributed by atoms with Crippen LogP contribution in [0.15, 0.2) is 53.7 Å². The summed E-state index contributed by atoms with van der Waals surface area (Å²) in [5, 5.41) is 6.35. The van der Waals surface area contributed by atoms with Gasteiger partial charge in [-0.05, 0) is 30.2 Å². The Morgan fingerprint density at radius 1 is 1.17 bits per heavy atom. The molecule has 0 saturated heterocycles. The van der Waals surface area contributed by atoms with Crippen molar-refractivity contribution >= 4 is 11.6 Å². The van der Waals surface area contributed by atoms with E-state index in [-0.39, 0.29) is 11.6 Å². The number of carbonyl (C=O) groups excluding carboxylic acids is 1. The zero-order valence-electron chi connectivity index (χ0n) is 13.5. The Bertz CT molecular complexity index is 711. The van der Waals surface area contributed by atoms with Gasteiger partial charge in [0, 0.05) is 12.6 Å². The first kappa shape index (κ1) is 16.5. The Morgan fingerprint density at radius 3 is 2.65 bits per heavy atom. The van der Waals surface area contributed by atoms with Gasteiger partial charge in [0.05, 0.1) is 0 Å². The van der Waals surface area contributed by atoms with Gasteiger partial charge in [-0.25, -0.2) is 0 Å². The van der Waals surface area contributed by atoms with Crippen LogP contribution in [0.4, 0.5) is 0 Å². The maximum atomic E-state index is 11.9. The third kappa shape index (κ3) is 4.32. The fourth-order valence-corrected chi connectivity index (χ4v) is 2.12. The van der Waals surface area contributed by atoms with Crippen LogP contribution in [0, 0.1) is 6.92 Å². The van der Waals surface area contributed by atoms with E-state index in [1.807, 2.05) is 55.5 Å². The molecule has 0 aromatic heterocycles.